The molecule has 0 spiro atoms. The lowest BCUT2D eigenvalue weighted by Gasteiger charge is -2.45. The van der Waals surface area contributed by atoms with Gasteiger partial charge in [0.05, 0.1) is 32.0 Å². The topological polar surface area (TPSA) is 93.5 Å². The van der Waals surface area contributed by atoms with E-state index in [-0.39, 0.29) is 23.2 Å². The van der Waals surface area contributed by atoms with Gasteiger partial charge < -0.3 is 19.5 Å². The number of phenols is 1. The summed E-state index contributed by atoms with van der Waals surface area (Å²) in [7, 11) is 3.08. The molecule has 2 fully saturated rings. The molecule has 0 aliphatic heterocycles. The molecule has 2 aromatic heterocycles. The number of anilines is 1. The summed E-state index contributed by atoms with van der Waals surface area (Å²) in [6, 6.07) is 7.08. The van der Waals surface area contributed by atoms with Gasteiger partial charge in [0.1, 0.15) is 11.9 Å². The summed E-state index contributed by atoms with van der Waals surface area (Å²) in [5.41, 5.74) is 1.64. The molecule has 5 rings (SSSR count). The summed E-state index contributed by atoms with van der Waals surface area (Å²) < 4.78 is 26.9. The summed E-state index contributed by atoms with van der Waals surface area (Å²) in [6.45, 7) is 6.44. The van der Waals surface area contributed by atoms with Crippen LogP contribution < -0.4 is 14.4 Å². The lowest BCUT2D eigenvalue weighted by Crippen LogP contribution is -2.51. The molecule has 2 aliphatic rings. The summed E-state index contributed by atoms with van der Waals surface area (Å²) in [4.78, 5) is 11.0. The summed E-state index contributed by atoms with van der Waals surface area (Å²) >= 11 is 0. The minimum Gasteiger partial charge on any atom is -0.507 e. The van der Waals surface area contributed by atoms with Crippen LogP contribution in [-0.4, -0.2) is 57.7 Å². The van der Waals surface area contributed by atoms with Gasteiger partial charge in [0.25, 0.3) is 5.88 Å². The molecule has 0 amide bonds. The molecule has 0 bridgehead atoms. The van der Waals surface area contributed by atoms with Gasteiger partial charge in [-0.1, -0.05) is 39.7 Å². The smallest absolute Gasteiger partial charge is 0.256 e. The maximum atomic E-state index is 16.3. The number of aromatic nitrogens is 4. The van der Waals surface area contributed by atoms with E-state index in [1.807, 2.05) is 6.07 Å². The molecular formula is C31H40FN5O3. The number of methoxy groups -OCH3 is 2. The first-order valence-corrected chi connectivity index (χ1v) is 14.3. The van der Waals surface area contributed by atoms with Crippen molar-refractivity contribution in [2.24, 2.45) is 11.3 Å². The Kier molecular flexibility index (Phi) is 8.10. The number of aromatic hydroxyl groups is 1. The van der Waals surface area contributed by atoms with Crippen LogP contribution in [0.15, 0.2) is 36.7 Å². The molecule has 2 aliphatic carbocycles. The number of rotatable bonds is 8. The summed E-state index contributed by atoms with van der Waals surface area (Å²) in [6.07, 6.45) is 9.15. The molecule has 2 heterocycles. The summed E-state index contributed by atoms with van der Waals surface area (Å²) in [5, 5.41) is 19.8. The van der Waals surface area contributed by atoms with Crippen LogP contribution >= 0.6 is 0 Å². The Balaban J connectivity index is 1.42. The number of phenolic OH excluding ortho intramolecular Hbond substituents is 1. The van der Waals surface area contributed by atoms with Gasteiger partial charge in [-0.25, -0.2) is 14.4 Å². The second-order valence-electron chi connectivity index (χ2n) is 11.7. The number of nitrogens with zero attached hydrogens (tertiary/aromatic N) is 5. The van der Waals surface area contributed by atoms with Crippen LogP contribution in [0.3, 0.4) is 0 Å². The Labute approximate surface area is 236 Å². The Hall–Kier alpha value is -3.49. The number of benzene rings is 1. The zero-order valence-corrected chi connectivity index (χ0v) is 24.1. The van der Waals surface area contributed by atoms with Crippen molar-refractivity contribution in [1.29, 1.82) is 0 Å². The number of alkyl halides is 1. The predicted octanol–water partition coefficient (Wildman–Crippen LogP) is 6.63. The minimum atomic E-state index is -0.954. The Morgan fingerprint density at radius 1 is 1.05 bits per heavy atom. The molecule has 1 aromatic carbocycles. The highest BCUT2D eigenvalue weighted by Gasteiger charge is 2.46. The van der Waals surface area contributed by atoms with E-state index < -0.39 is 6.17 Å². The molecule has 4 atom stereocenters. The van der Waals surface area contributed by atoms with Gasteiger partial charge in [0.2, 0.25) is 0 Å². The zero-order chi connectivity index (χ0) is 28.4. The standard InChI is InChI=1S/C31H40FN5O3/c1-6-31(3)13-7-8-19(2)14-24(28(31)32)37(22-10-11-22)27-18-33-29(36-35-27)23-12-9-20(15-25(23)38)21-16-26(39-4)30(40-5)34-17-21/h9,12,15-19,22,24,28,38H,6-8,10-11,13-14H2,1-5H3/t19?,24-,28-,31+/m0/s1. The highest BCUT2D eigenvalue weighted by molar-refractivity contribution is 5.73. The monoisotopic (exact) mass is 549 g/mol. The van der Waals surface area contributed by atoms with Gasteiger partial charge in [-0.15, -0.1) is 10.2 Å². The van der Waals surface area contributed by atoms with Crippen molar-refractivity contribution in [2.45, 2.75) is 84.0 Å². The number of ether oxygens (including phenoxy) is 2. The van der Waals surface area contributed by atoms with E-state index in [2.05, 4.69) is 45.8 Å². The molecule has 214 valence electrons. The van der Waals surface area contributed by atoms with Gasteiger partial charge in [0.15, 0.2) is 17.4 Å². The third kappa shape index (κ3) is 5.56. The van der Waals surface area contributed by atoms with Crippen LogP contribution in [0.1, 0.15) is 65.7 Å². The SMILES string of the molecule is CC[C@]1(C)CCCC(C)C[C@H](N(c2cnc(-c3ccc(-c4cnc(OC)c(OC)c4)cc3O)nn2)C2CC2)[C@@H]1F. The van der Waals surface area contributed by atoms with Crippen LogP contribution in [0, 0.1) is 11.3 Å². The highest BCUT2D eigenvalue weighted by Crippen LogP contribution is 2.45. The molecule has 0 saturated heterocycles. The van der Waals surface area contributed by atoms with Crippen LogP contribution in [-0.2, 0) is 0 Å². The number of hydrogen-bond donors (Lipinski definition) is 1. The van der Waals surface area contributed by atoms with Crippen molar-refractivity contribution in [2.75, 3.05) is 19.1 Å². The third-order valence-electron chi connectivity index (χ3n) is 8.82. The number of halogens is 1. The molecule has 2 saturated carbocycles. The van der Waals surface area contributed by atoms with Gasteiger partial charge in [-0.2, -0.15) is 0 Å². The minimum absolute atomic E-state index is 0.0252. The zero-order valence-electron chi connectivity index (χ0n) is 24.1. The normalized spacial score (nSPS) is 25.1. The Morgan fingerprint density at radius 3 is 2.48 bits per heavy atom. The van der Waals surface area contributed by atoms with Crippen molar-refractivity contribution in [3.8, 4) is 39.9 Å². The first-order chi connectivity index (χ1) is 19.3. The molecule has 9 heteroatoms. The van der Waals surface area contributed by atoms with Crippen LogP contribution in [0.5, 0.6) is 17.4 Å². The van der Waals surface area contributed by atoms with Gasteiger partial charge >= 0.3 is 0 Å². The average Bonchev–Trinajstić information content (AvgIpc) is 3.81. The summed E-state index contributed by atoms with van der Waals surface area (Å²) in [5.74, 6) is 2.28. The van der Waals surface area contributed by atoms with Crippen LogP contribution in [0.2, 0.25) is 0 Å². The Morgan fingerprint density at radius 2 is 1.85 bits per heavy atom. The maximum Gasteiger partial charge on any atom is 0.256 e. The molecule has 0 radical (unpaired) electrons. The first kappa shape index (κ1) is 28.1. The second kappa shape index (κ2) is 11.6. The van der Waals surface area contributed by atoms with E-state index >= 15 is 4.39 Å². The first-order valence-electron chi connectivity index (χ1n) is 14.3. The van der Waals surface area contributed by atoms with Gasteiger partial charge in [0, 0.05) is 23.2 Å². The fourth-order valence-corrected chi connectivity index (χ4v) is 6.01. The second-order valence-corrected chi connectivity index (χ2v) is 11.7. The molecular weight excluding hydrogens is 509 g/mol. The van der Waals surface area contributed by atoms with E-state index in [0.29, 0.717) is 34.8 Å². The lowest BCUT2D eigenvalue weighted by molar-refractivity contribution is 0.0577. The fraction of sp³-hybridized carbons (Fsp3) is 0.548. The van der Waals surface area contributed by atoms with Crippen molar-refractivity contribution in [3.63, 3.8) is 0 Å². The molecule has 3 aromatic rings. The fourth-order valence-electron chi connectivity index (χ4n) is 6.01. The van der Waals surface area contributed by atoms with Gasteiger partial charge in [-0.05, 0) is 61.8 Å². The highest BCUT2D eigenvalue weighted by atomic mass is 19.1. The average molecular weight is 550 g/mol. The number of hydrogen-bond acceptors (Lipinski definition) is 8. The van der Waals surface area contributed by atoms with E-state index in [1.54, 1.807) is 37.7 Å². The number of pyridine rings is 1. The van der Waals surface area contributed by atoms with Crippen LogP contribution in [0.4, 0.5) is 10.2 Å². The molecule has 1 unspecified atom stereocenters. The molecule has 40 heavy (non-hydrogen) atoms. The predicted molar refractivity (Wildman–Crippen MR) is 153 cm³/mol. The van der Waals surface area contributed by atoms with Crippen LogP contribution in [0.25, 0.3) is 22.5 Å². The van der Waals surface area contributed by atoms with Crippen molar-refractivity contribution >= 4 is 5.82 Å². The lowest BCUT2D eigenvalue weighted by atomic mass is 9.71. The van der Waals surface area contributed by atoms with E-state index in [0.717, 1.165) is 56.1 Å². The van der Waals surface area contributed by atoms with E-state index in [1.165, 1.54) is 7.11 Å². The van der Waals surface area contributed by atoms with E-state index in [9.17, 15) is 5.11 Å². The maximum absolute atomic E-state index is 16.3. The molecule has 8 nitrogen and oxygen atoms in total. The quantitative estimate of drug-likeness (QED) is 0.335. The van der Waals surface area contributed by atoms with E-state index in [4.69, 9.17) is 9.47 Å². The van der Waals surface area contributed by atoms with Crippen molar-refractivity contribution in [1.82, 2.24) is 20.2 Å². The van der Waals surface area contributed by atoms with Crippen molar-refractivity contribution < 1.29 is 19.0 Å². The third-order valence-corrected chi connectivity index (χ3v) is 8.82. The largest absolute Gasteiger partial charge is 0.507 e. The molecule has 1 N–H and O–H groups in total. The van der Waals surface area contributed by atoms with Gasteiger partial charge in [-0.3, -0.25) is 0 Å². The Bertz CT molecular complexity index is 1320. The van der Waals surface area contributed by atoms with Crippen molar-refractivity contribution in [3.05, 3.63) is 36.7 Å².